The van der Waals surface area contributed by atoms with E-state index in [4.69, 9.17) is 8.83 Å². The molecule has 3 rings (SSSR count). The van der Waals surface area contributed by atoms with Crippen LogP contribution in [0.3, 0.4) is 0 Å². The van der Waals surface area contributed by atoms with Crippen molar-refractivity contribution < 1.29 is 8.83 Å². The summed E-state index contributed by atoms with van der Waals surface area (Å²) in [6.07, 6.45) is 1.68. The van der Waals surface area contributed by atoms with Gasteiger partial charge in [-0.2, -0.15) is 0 Å². The number of fused-ring (bicyclic) bond motifs is 1. The maximum absolute atomic E-state index is 5.63. The summed E-state index contributed by atoms with van der Waals surface area (Å²) in [5.41, 5.74) is 1.75. The minimum absolute atomic E-state index is 0.723. The van der Waals surface area contributed by atoms with Crippen LogP contribution in [0.2, 0.25) is 0 Å². The molecule has 2 aromatic heterocycles. The van der Waals surface area contributed by atoms with Crippen molar-refractivity contribution in [2.24, 2.45) is 0 Å². The van der Waals surface area contributed by atoms with Crippen molar-refractivity contribution in [2.75, 3.05) is 12.3 Å². The van der Waals surface area contributed by atoms with Crippen molar-refractivity contribution in [2.45, 2.75) is 11.8 Å². The molecule has 98 valence electrons. The molecule has 0 radical (unpaired) electrons. The first-order valence-electron chi connectivity index (χ1n) is 6.13. The van der Waals surface area contributed by atoms with Gasteiger partial charge in [-0.25, -0.2) is 4.98 Å². The van der Waals surface area contributed by atoms with Gasteiger partial charge in [0.2, 0.25) is 0 Å². The largest absolute Gasteiger partial charge is 0.468 e. The second-order valence-electron chi connectivity index (χ2n) is 4.05. The summed E-state index contributed by atoms with van der Waals surface area (Å²) < 4.78 is 10.9. The third-order valence-corrected chi connectivity index (χ3v) is 3.49. The minimum Gasteiger partial charge on any atom is -0.468 e. The second-order valence-corrected chi connectivity index (χ2v) is 5.10. The molecular formula is C14H14N2O2S. The molecule has 1 aromatic carbocycles. The number of hydrogen-bond acceptors (Lipinski definition) is 5. The summed E-state index contributed by atoms with van der Waals surface area (Å²) in [6, 6.07) is 11.7. The van der Waals surface area contributed by atoms with Gasteiger partial charge in [-0.15, -0.1) is 0 Å². The summed E-state index contributed by atoms with van der Waals surface area (Å²) >= 11 is 1.61. The standard InChI is InChI=1S/C14H14N2O2S/c1-2-6-13-12(5-1)16-14(18-13)19-9-7-15-10-11-4-3-8-17-11/h1-6,8,15H,7,9-10H2. The van der Waals surface area contributed by atoms with E-state index in [2.05, 4.69) is 10.3 Å². The molecule has 0 saturated heterocycles. The molecule has 0 unspecified atom stereocenters. The van der Waals surface area contributed by atoms with Gasteiger partial charge in [0.25, 0.3) is 5.22 Å². The molecular weight excluding hydrogens is 260 g/mol. The van der Waals surface area contributed by atoms with Gasteiger partial charge in [-0.05, 0) is 24.3 Å². The van der Waals surface area contributed by atoms with E-state index >= 15 is 0 Å². The van der Waals surface area contributed by atoms with Crippen LogP contribution in [0.15, 0.2) is 56.7 Å². The van der Waals surface area contributed by atoms with E-state index in [1.165, 1.54) is 0 Å². The van der Waals surface area contributed by atoms with Crippen molar-refractivity contribution in [3.63, 3.8) is 0 Å². The highest BCUT2D eigenvalue weighted by molar-refractivity contribution is 7.99. The Bertz CT molecular complexity index is 601. The van der Waals surface area contributed by atoms with Gasteiger partial charge in [0.05, 0.1) is 12.8 Å². The number of hydrogen-bond donors (Lipinski definition) is 1. The molecule has 3 aromatic rings. The average Bonchev–Trinajstić information content (AvgIpc) is 3.06. The van der Waals surface area contributed by atoms with E-state index in [0.29, 0.717) is 0 Å². The Kier molecular flexibility index (Phi) is 3.86. The Balaban J connectivity index is 1.44. The number of aromatic nitrogens is 1. The van der Waals surface area contributed by atoms with Gasteiger partial charge in [-0.1, -0.05) is 23.9 Å². The van der Waals surface area contributed by atoms with Gasteiger partial charge >= 0.3 is 0 Å². The van der Waals surface area contributed by atoms with Crippen molar-refractivity contribution in [3.05, 3.63) is 48.4 Å². The van der Waals surface area contributed by atoms with E-state index in [-0.39, 0.29) is 0 Å². The average molecular weight is 274 g/mol. The molecule has 0 fully saturated rings. The lowest BCUT2D eigenvalue weighted by atomic mass is 10.3. The Morgan fingerprint density at radius 2 is 2.11 bits per heavy atom. The first-order valence-corrected chi connectivity index (χ1v) is 7.12. The number of thioether (sulfide) groups is 1. The number of oxazole rings is 1. The molecule has 0 atom stereocenters. The maximum atomic E-state index is 5.63. The topological polar surface area (TPSA) is 51.2 Å². The van der Waals surface area contributed by atoms with Crippen LogP contribution < -0.4 is 5.32 Å². The fourth-order valence-electron chi connectivity index (χ4n) is 1.75. The summed E-state index contributed by atoms with van der Waals surface area (Å²) in [5.74, 6) is 1.86. The van der Waals surface area contributed by atoms with Crippen molar-refractivity contribution in [1.29, 1.82) is 0 Å². The first-order chi connectivity index (χ1) is 9.42. The molecule has 0 bridgehead atoms. The van der Waals surface area contributed by atoms with Gasteiger partial charge in [0, 0.05) is 12.3 Å². The van der Waals surface area contributed by atoms with Gasteiger partial charge in [-0.3, -0.25) is 0 Å². The Morgan fingerprint density at radius 1 is 1.16 bits per heavy atom. The molecule has 0 amide bonds. The second kappa shape index (κ2) is 5.95. The SMILES string of the molecule is c1coc(CNCCSc2nc3ccccc3o2)c1. The van der Waals surface area contributed by atoms with Gasteiger partial charge in [0.15, 0.2) is 5.58 Å². The van der Waals surface area contributed by atoms with Crippen LogP contribution in [-0.4, -0.2) is 17.3 Å². The third kappa shape index (κ3) is 3.19. The van der Waals surface area contributed by atoms with Gasteiger partial charge in [0.1, 0.15) is 11.3 Å². The molecule has 1 N–H and O–H groups in total. The lowest BCUT2D eigenvalue weighted by Crippen LogP contribution is -2.15. The summed E-state index contributed by atoms with van der Waals surface area (Å²) in [5, 5.41) is 4.03. The minimum atomic E-state index is 0.723. The summed E-state index contributed by atoms with van der Waals surface area (Å²) in [6.45, 7) is 1.63. The van der Waals surface area contributed by atoms with Crippen molar-refractivity contribution in [3.8, 4) is 0 Å². The maximum Gasteiger partial charge on any atom is 0.256 e. The molecule has 0 aliphatic heterocycles. The molecule has 19 heavy (non-hydrogen) atoms. The third-order valence-electron chi connectivity index (χ3n) is 2.66. The van der Waals surface area contributed by atoms with Crippen LogP contribution in [-0.2, 0) is 6.54 Å². The number of rotatable bonds is 6. The zero-order chi connectivity index (χ0) is 12.9. The molecule has 0 aliphatic rings. The van der Waals surface area contributed by atoms with E-state index in [0.717, 1.165) is 40.9 Å². The molecule has 0 saturated carbocycles. The van der Waals surface area contributed by atoms with Crippen molar-refractivity contribution >= 4 is 22.9 Å². The quantitative estimate of drug-likeness (QED) is 0.552. The molecule has 4 nitrogen and oxygen atoms in total. The predicted octanol–water partition coefficient (Wildman–Crippen LogP) is 3.30. The van der Waals surface area contributed by atoms with Gasteiger partial charge < -0.3 is 14.2 Å². The number of benzene rings is 1. The molecule has 0 aliphatic carbocycles. The van der Waals surface area contributed by atoms with E-state index in [1.807, 2.05) is 36.4 Å². The Morgan fingerprint density at radius 3 is 2.95 bits per heavy atom. The van der Waals surface area contributed by atoms with E-state index in [9.17, 15) is 0 Å². The van der Waals surface area contributed by atoms with E-state index in [1.54, 1.807) is 18.0 Å². The molecule has 0 spiro atoms. The normalized spacial score (nSPS) is 11.2. The van der Waals surface area contributed by atoms with Crippen LogP contribution in [0, 0.1) is 0 Å². The zero-order valence-corrected chi connectivity index (χ0v) is 11.2. The lowest BCUT2D eigenvalue weighted by molar-refractivity contribution is 0.485. The fraction of sp³-hybridized carbons (Fsp3) is 0.214. The van der Waals surface area contributed by atoms with E-state index < -0.39 is 0 Å². The summed E-state index contributed by atoms with van der Waals surface area (Å²) in [4.78, 5) is 4.41. The highest BCUT2D eigenvalue weighted by Gasteiger charge is 2.04. The predicted molar refractivity (Wildman–Crippen MR) is 75.1 cm³/mol. The highest BCUT2D eigenvalue weighted by Crippen LogP contribution is 2.22. The highest BCUT2D eigenvalue weighted by atomic mass is 32.2. The lowest BCUT2D eigenvalue weighted by Gasteiger charge is -2.00. The van der Waals surface area contributed by atoms with Crippen LogP contribution >= 0.6 is 11.8 Å². The Labute approximate surface area is 115 Å². The van der Waals surface area contributed by atoms with Crippen LogP contribution in [0.1, 0.15) is 5.76 Å². The van der Waals surface area contributed by atoms with Crippen LogP contribution in [0.4, 0.5) is 0 Å². The van der Waals surface area contributed by atoms with Crippen LogP contribution in [0.25, 0.3) is 11.1 Å². The monoisotopic (exact) mass is 274 g/mol. The van der Waals surface area contributed by atoms with Crippen molar-refractivity contribution in [1.82, 2.24) is 10.3 Å². The summed E-state index contributed by atoms with van der Waals surface area (Å²) in [7, 11) is 0. The number of nitrogens with zero attached hydrogens (tertiary/aromatic N) is 1. The van der Waals surface area contributed by atoms with Crippen LogP contribution in [0.5, 0.6) is 0 Å². The molecule has 2 heterocycles. The number of furan rings is 1. The molecule has 5 heteroatoms. The zero-order valence-electron chi connectivity index (χ0n) is 10.3. The Hall–Kier alpha value is -1.72. The number of para-hydroxylation sites is 2. The smallest absolute Gasteiger partial charge is 0.256 e. The number of nitrogens with one attached hydrogen (secondary N) is 1. The first kappa shape index (κ1) is 12.3. The fourth-order valence-corrected chi connectivity index (χ4v) is 2.48.